The van der Waals surface area contributed by atoms with Gasteiger partial charge in [0, 0.05) is 29.8 Å². The van der Waals surface area contributed by atoms with Crippen molar-refractivity contribution in [3.05, 3.63) is 58.5 Å². The van der Waals surface area contributed by atoms with E-state index in [1.807, 2.05) is 32.9 Å². The first-order valence-electron chi connectivity index (χ1n) is 13.7. The standard InChI is InChI=1S/C30H28BrFN8O2/c1-4-21-20-10-22(19-12-33-18(3)34-13-19)35-14-24(20)39(38-21)15-27(41)40-23(11-30(16-32)9-5-6-25(30)40)29(42)37-28-17(2)7-8-26(31)36-28/h7-8,10,12-14,23,25H,4,6,11,15-16H2,1-3H3,(H,36,37,42)/t23-,25+,30+/m0/s1. The minimum atomic E-state index is -1.08. The molecule has 3 atom stereocenters. The summed E-state index contributed by atoms with van der Waals surface area (Å²) in [6.45, 7) is 4.76. The number of nitrogens with zero attached hydrogens (tertiary/aromatic N) is 7. The number of amides is 2. The Bertz CT molecular complexity index is 1780. The van der Waals surface area contributed by atoms with Gasteiger partial charge in [-0.25, -0.2) is 19.3 Å². The van der Waals surface area contributed by atoms with E-state index in [2.05, 4.69) is 53.0 Å². The molecule has 1 N–H and O–H groups in total. The van der Waals surface area contributed by atoms with Crippen molar-refractivity contribution in [2.45, 2.75) is 58.7 Å². The van der Waals surface area contributed by atoms with Gasteiger partial charge in [-0.05, 0) is 60.3 Å². The summed E-state index contributed by atoms with van der Waals surface area (Å²) in [6.07, 6.45) is 6.18. The molecule has 4 aromatic heterocycles. The summed E-state index contributed by atoms with van der Waals surface area (Å²) in [5, 5.41) is 8.45. The molecule has 0 bridgehead atoms. The lowest BCUT2D eigenvalue weighted by molar-refractivity contribution is -0.139. The molecule has 214 valence electrons. The molecule has 0 radical (unpaired) electrons. The van der Waals surface area contributed by atoms with Crippen LogP contribution in [0.5, 0.6) is 0 Å². The normalized spacial score (nSPS) is 20.8. The molecule has 2 aliphatic rings. The number of aromatic nitrogens is 6. The molecule has 5 heterocycles. The number of fused-ring (bicyclic) bond motifs is 2. The number of alkyl halides is 1. The number of anilines is 1. The lowest BCUT2D eigenvalue weighted by Gasteiger charge is -2.30. The summed E-state index contributed by atoms with van der Waals surface area (Å²) in [5.41, 5.74) is 2.66. The van der Waals surface area contributed by atoms with Gasteiger partial charge in [-0.15, -0.1) is 5.92 Å². The van der Waals surface area contributed by atoms with Crippen LogP contribution in [-0.4, -0.2) is 65.2 Å². The molecule has 0 saturated carbocycles. The van der Waals surface area contributed by atoms with E-state index >= 15 is 0 Å². The van der Waals surface area contributed by atoms with E-state index in [9.17, 15) is 14.0 Å². The topological polar surface area (TPSA) is 119 Å². The maximum absolute atomic E-state index is 14.5. The third kappa shape index (κ3) is 4.81. The molecule has 4 aromatic rings. The lowest BCUT2D eigenvalue weighted by Crippen LogP contribution is -2.49. The highest BCUT2D eigenvalue weighted by Gasteiger charge is 2.57. The second kappa shape index (κ2) is 10.9. The molecule has 0 unspecified atom stereocenters. The minimum Gasteiger partial charge on any atom is -0.323 e. The average molecular weight is 632 g/mol. The first-order valence-corrected chi connectivity index (χ1v) is 14.5. The van der Waals surface area contributed by atoms with Gasteiger partial charge < -0.3 is 10.2 Å². The van der Waals surface area contributed by atoms with Crippen molar-refractivity contribution < 1.29 is 14.0 Å². The first kappa shape index (κ1) is 27.9. The zero-order chi connectivity index (χ0) is 29.6. The largest absolute Gasteiger partial charge is 0.323 e. The van der Waals surface area contributed by atoms with Crippen LogP contribution in [0.2, 0.25) is 0 Å². The fourth-order valence-corrected chi connectivity index (χ4v) is 6.11. The van der Waals surface area contributed by atoms with E-state index in [1.54, 1.807) is 29.3 Å². The quantitative estimate of drug-likeness (QED) is 0.240. The smallest absolute Gasteiger partial charge is 0.248 e. The van der Waals surface area contributed by atoms with Crippen molar-refractivity contribution >= 4 is 44.5 Å². The summed E-state index contributed by atoms with van der Waals surface area (Å²) >= 11 is 3.33. The van der Waals surface area contributed by atoms with Crippen LogP contribution >= 0.6 is 15.9 Å². The molecule has 1 fully saturated rings. The summed E-state index contributed by atoms with van der Waals surface area (Å²) in [5.74, 6) is 6.27. The number of carbonyl (C=O) groups is 2. The Labute approximate surface area is 250 Å². The summed E-state index contributed by atoms with van der Waals surface area (Å²) < 4.78 is 16.7. The number of rotatable bonds is 7. The molecule has 12 heteroatoms. The molecule has 2 amide bonds. The van der Waals surface area contributed by atoms with Gasteiger partial charge in [0.1, 0.15) is 35.5 Å². The fraction of sp³-hybridized carbons (Fsp3) is 0.367. The van der Waals surface area contributed by atoms with E-state index in [0.29, 0.717) is 40.3 Å². The number of hydrogen-bond acceptors (Lipinski definition) is 7. The zero-order valence-corrected chi connectivity index (χ0v) is 24.9. The van der Waals surface area contributed by atoms with Gasteiger partial charge in [0.2, 0.25) is 11.8 Å². The van der Waals surface area contributed by atoms with Gasteiger partial charge in [-0.3, -0.25) is 19.3 Å². The van der Waals surface area contributed by atoms with E-state index in [1.165, 1.54) is 4.90 Å². The Hall–Kier alpha value is -4.24. The van der Waals surface area contributed by atoms with E-state index in [-0.39, 0.29) is 18.9 Å². The van der Waals surface area contributed by atoms with Crippen molar-refractivity contribution in [2.75, 3.05) is 12.0 Å². The third-order valence-electron chi connectivity index (χ3n) is 8.04. The number of nitrogens with one attached hydrogen (secondary N) is 1. The first-order chi connectivity index (χ1) is 20.2. The second-order valence-corrected chi connectivity index (χ2v) is 11.5. The number of likely N-dealkylation sites (tertiary alicyclic amines) is 1. The lowest BCUT2D eigenvalue weighted by atomic mass is 9.83. The summed E-state index contributed by atoms with van der Waals surface area (Å²) in [7, 11) is 0. The van der Waals surface area contributed by atoms with Gasteiger partial charge in [-0.1, -0.05) is 18.9 Å². The van der Waals surface area contributed by atoms with Crippen molar-refractivity contribution in [2.24, 2.45) is 5.41 Å². The molecule has 1 aliphatic carbocycles. The predicted octanol–water partition coefficient (Wildman–Crippen LogP) is 4.20. The minimum absolute atomic E-state index is 0.107. The van der Waals surface area contributed by atoms with Gasteiger partial charge >= 0.3 is 0 Å². The maximum atomic E-state index is 14.5. The van der Waals surface area contributed by atoms with Gasteiger partial charge in [0.25, 0.3) is 0 Å². The predicted molar refractivity (Wildman–Crippen MR) is 158 cm³/mol. The fourth-order valence-electron chi connectivity index (χ4n) is 5.80. The van der Waals surface area contributed by atoms with Crippen LogP contribution in [0.1, 0.15) is 36.8 Å². The van der Waals surface area contributed by atoms with Crippen LogP contribution in [0.15, 0.2) is 41.4 Å². The molecule has 10 nitrogen and oxygen atoms in total. The third-order valence-corrected chi connectivity index (χ3v) is 8.49. The van der Waals surface area contributed by atoms with Gasteiger partial charge in [-0.2, -0.15) is 5.10 Å². The van der Waals surface area contributed by atoms with Crippen LogP contribution in [-0.2, 0) is 22.6 Å². The molecule has 0 aromatic carbocycles. The second-order valence-electron chi connectivity index (χ2n) is 10.7. The van der Waals surface area contributed by atoms with Crippen LogP contribution in [0.3, 0.4) is 0 Å². The highest BCUT2D eigenvalue weighted by atomic mass is 79.9. The maximum Gasteiger partial charge on any atom is 0.248 e. The number of aryl methyl sites for hydroxylation is 3. The summed E-state index contributed by atoms with van der Waals surface area (Å²) in [6, 6.07) is 4.05. The van der Waals surface area contributed by atoms with Crippen molar-refractivity contribution in [3.8, 4) is 23.1 Å². The van der Waals surface area contributed by atoms with Gasteiger partial charge in [0.15, 0.2) is 0 Å². The Morgan fingerprint density at radius 1 is 1.19 bits per heavy atom. The Morgan fingerprint density at radius 2 is 1.98 bits per heavy atom. The van der Waals surface area contributed by atoms with Crippen molar-refractivity contribution in [1.29, 1.82) is 0 Å². The Morgan fingerprint density at radius 3 is 2.71 bits per heavy atom. The molecular weight excluding hydrogens is 603 g/mol. The molecule has 1 saturated heterocycles. The van der Waals surface area contributed by atoms with Crippen molar-refractivity contribution in [1.82, 2.24) is 34.6 Å². The zero-order valence-electron chi connectivity index (χ0n) is 23.4. The van der Waals surface area contributed by atoms with Crippen LogP contribution in [0.4, 0.5) is 10.2 Å². The van der Waals surface area contributed by atoms with E-state index < -0.39 is 30.1 Å². The van der Waals surface area contributed by atoms with Crippen molar-refractivity contribution in [3.63, 3.8) is 0 Å². The molecule has 42 heavy (non-hydrogen) atoms. The highest BCUT2D eigenvalue weighted by Crippen LogP contribution is 2.45. The Kier molecular flexibility index (Phi) is 7.22. The number of carbonyl (C=O) groups excluding carboxylic acids is 2. The number of hydrogen-bond donors (Lipinski definition) is 1. The monoisotopic (exact) mass is 630 g/mol. The van der Waals surface area contributed by atoms with E-state index in [4.69, 9.17) is 5.10 Å². The van der Waals surface area contributed by atoms with Crippen LogP contribution < -0.4 is 5.32 Å². The van der Waals surface area contributed by atoms with E-state index in [0.717, 1.165) is 22.2 Å². The van der Waals surface area contributed by atoms with Crippen LogP contribution in [0.25, 0.3) is 22.2 Å². The Balaban J connectivity index is 1.32. The van der Waals surface area contributed by atoms with Gasteiger partial charge in [0.05, 0.1) is 34.6 Å². The molecule has 6 rings (SSSR count). The summed E-state index contributed by atoms with van der Waals surface area (Å²) in [4.78, 5) is 46.6. The number of pyridine rings is 2. The average Bonchev–Trinajstić information content (AvgIpc) is 3.65. The highest BCUT2D eigenvalue weighted by molar-refractivity contribution is 9.10. The molecule has 0 spiro atoms. The number of halogens is 2. The molecule has 1 aliphatic heterocycles. The molecular formula is C30H28BrFN8O2. The van der Waals surface area contributed by atoms with Crippen LogP contribution in [0, 0.1) is 31.1 Å². The SMILES string of the molecule is CCc1nn(CC(=O)N2[C@H](C(=O)Nc3nc(Br)ccc3C)C[C@@]3(CF)C#CC[C@@H]23)c2cnc(-c3cnc(C)nc3)cc12.